The Hall–Kier alpha value is -0.120. The first-order valence-electron chi connectivity index (χ1n) is 4.86. The van der Waals surface area contributed by atoms with Gasteiger partial charge in [-0.2, -0.15) is 0 Å². The van der Waals surface area contributed by atoms with Gasteiger partial charge in [-0.1, -0.05) is 0 Å². The van der Waals surface area contributed by atoms with Crippen LogP contribution in [0.4, 0.5) is 0 Å². The first-order valence-corrected chi connectivity index (χ1v) is 5.40. The summed E-state index contributed by atoms with van der Waals surface area (Å²) in [4.78, 5) is 4.24. The highest BCUT2D eigenvalue weighted by Crippen LogP contribution is 2.11. The predicted molar refractivity (Wildman–Crippen MR) is 55.3 cm³/mol. The van der Waals surface area contributed by atoms with Crippen LogP contribution in [0.15, 0.2) is 4.99 Å². The van der Waals surface area contributed by atoms with Gasteiger partial charge in [0.05, 0.1) is 19.7 Å². The lowest BCUT2D eigenvalue weighted by molar-refractivity contribution is -0.829. The molecule has 0 aliphatic carbocycles. The van der Waals surface area contributed by atoms with Crippen molar-refractivity contribution in [3.63, 3.8) is 0 Å². The van der Waals surface area contributed by atoms with Gasteiger partial charge in [-0.15, -0.1) is 11.6 Å². The van der Waals surface area contributed by atoms with E-state index in [0.29, 0.717) is 0 Å². The number of nitrogens with zero attached hydrogens (tertiary/aromatic N) is 2. The Morgan fingerprint density at radius 3 is 2.77 bits per heavy atom. The summed E-state index contributed by atoms with van der Waals surface area (Å²) in [5.74, 6) is 0.732. The van der Waals surface area contributed by atoms with Crippen LogP contribution in [-0.2, 0) is 0 Å². The Morgan fingerprint density at radius 2 is 2.23 bits per heavy atom. The zero-order valence-corrected chi connectivity index (χ0v) is 8.71. The van der Waals surface area contributed by atoms with Gasteiger partial charge >= 0.3 is 0 Å². The third kappa shape index (κ3) is 3.25. The largest absolute Gasteiger partial charge is 0.390 e. The Kier molecular flexibility index (Phi) is 4.70. The second kappa shape index (κ2) is 5.58. The molecule has 0 fully saturated rings. The van der Waals surface area contributed by atoms with E-state index in [4.69, 9.17) is 16.7 Å². The molecule has 3 nitrogen and oxygen atoms in total. The summed E-state index contributed by atoms with van der Waals surface area (Å²) in [6, 6.07) is 0. The van der Waals surface area contributed by atoms with Crippen LogP contribution in [0.3, 0.4) is 0 Å². The summed E-state index contributed by atoms with van der Waals surface area (Å²) in [6.07, 6.45) is 4.17. The van der Waals surface area contributed by atoms with E-state index in [1.165, 1.54) is 0 Å². The van der Waals surface area contributed by atoms with Crippen molar-refractivity contribution in [1.82, 2.24) is 0 Å². The molecular formula is C9H18ClN2O+. The second-order valence-corrected chi connectivity index (χ2v) is 3.91. The van der Waals surface area contributed by atoms with E-state index in [2.05, 4.69) is 4.99 Å². The number of quaternary nitrogens is 1. The molecule has 0 aromatic heterocycles. The van der Waals surface area contributed by atoms with E-state index in [1.807, 2.05) is 6.34 Å². The zero-order chi connectivity index (χ0) is 9.57. The average Bonchev–Trinajstić information content (AvgIpc) is 2.55. The maximum Gasteiger partial charge on any atom is 0.185 e. The van der Waals surface area contributed by atoms with Crippen LogP contribution in [0.2, 0.25) is 0 Å². The highest BCUT2D eigenvalue weighted by atomic mass is 35.5. The number of aliphatic hydroxyl groups excluding tert-OH is 1. The van der Waals surface area contributed by atoms with Crippen LogP contribution in [0, 0.1) is 0 Å². The Morgan fingerprint density at radius 1 is 1.38 bits per heavy atom. The molecule has 0 aromatic rings. The van der Waals surface area contributed by atoms with E-state index in [9.17, 15) is 0 Å². The number of halogens is 1. The van der Waals surface area contributed by atoms with Crippen molar-refractivity contribution in [2.75, 3.05) is 38.7 Å². The van der Waals surface area contributed by atoms with Crippen LogP contribution in [-0.4, -0.2) is 54.6 Å². The minimum absolute atomic E-state index is 0.243. The number of alkyl halides is 1. The highest BCUT2D eigenvalue weighted by Gasteiger charge is 2.27. The van der Waals surface area contributed by atoms with Crippen LogP contribution in [0.5, 0.6) is 0 Å². The second-order valence-electron chi connectivity index (χ2n) is 3.53. The van der Waals surface area contributed by atoms with E-state index in [-0.39, 0.29) is 6.61 Å². The molecule has 0 bridgehead atoms. The summed E-state index contributed by atoms with van der Waals surface area (Å²) in [7, 11) is 0. The number of rotatable bonds is 6. The van der Waals surface area contributed by atoms with Crippen LogP contribution >= 0.6 is 11.6 Å². The number of unbranched alkanes of at least 4 members (excludes halogenated alkanes) is 1. The zero-order valence-electron chi connectivity index (χ0n) is 7.95. The van der Waals surface area contributed by atoms with Crippen molar-refractivity contribution in [3.8, 4) is 0 Å². The smallest absolute Gasteiger partial charge is 0.185 e. The lowest BCUT2D eigenvalue weighted by atomic mass is 10.2. The monoisotopic (exact) mass is 205 g/mol. The van der Waals surface area contributed by atoms with Gasteiger partial charge in [0.25, 0.3) is 0 Å². The summed E-state index contributed by atoms with van der Waals surface area (Å²) < 4.78 is 0.855. The SMILES string of the molecule is OCC[N+]1(CCCCCl)C=NCC1. The molecule has 4 heteroatoms. The quantitative estimate of drug-likeness (QED) is 0.390. The van der Waals surface area contributed by atoms with E-state index >= 15 is 0 Å². The average molecular weight is 206 g/mol. The molecule has 76 valence electrons. The van der Waals surface area contributed by atoms with Crippen molar-refractivity contribution in [2.45, 2.75) is 12.8 Å². The number of hydrogen-bond acceptors (Lipinski definition) is 2. The van der Waals surface area contributed by atoms with Crippen LogP contribution in [0.1, 0.15) is 12.8 Å². The molecule has 0 radical (unpaired) electrons. The lowest BCUT2D eigenvalue weighted by Crippen LogP contribution is -2.48. The standard InChI is InChI=1S/C9H18ClN2O/c10-3-1-2-5-12(7-8-13)6-4-11-9-12/h9,13H,1-8H2/q+1. The van der Waals surface area contributed by atoms with Gasteiger partial charge in [-0.25, -0.2) is 4.99 Å². The summed E-state index contributed by atoms with van der Waals surface area (Å²) in [5, 5.41) is 8.95. The molecule has 13 heavy (non-hydrogen) atoms. The number of aliphatic hydroxyl groups is 1. The highest BCUT2D eigenvalue weighted by molar-refractivity contribution is 6.17. The van der Waals surface area contributed by atoms with Gasteiger partial charge in [0, 0.05) is 5.88 Å². The summed E-state index contributed by atoms with van der Waals surface area (Å²) in [5.41, 5.74) is 0. The Labute approximate surface area is 84.6 Å². The third-order valence-electron chi connectivity index (χ3n) is 2.53. The molecule has 0 aromatic carbocycles. The fourth-order valence-electron chi connectivity index (χ4n) is 1.72. The van der Waals surface area contributed by atoms with Gasteiger partial charge in [-0.3, -0.25) is 4.48 Å². The molecule has 0 saturated carbocycles. The molecule has 0 amide bonds. The van der Waals surface area contributed by atoms with Crippen molar-refractivity contribution < 1.29 is 9.59 Å². The minimum atomic E-state index is 0.243. The van der Waals surface area contributed by atoms with Crippen molar-refractivity contribution in [1.29, 1.82) is 0 Å². The molecule has 1 N–H and O–H groups in total. The third-order valence-corrected chi connectivity index (χ3v) is 2.80. The van der Waals surface area contributed by atoms with Crippen LogP contribution < -0.4 is 0 Å². The molecule has 1 atom stereocenters. The first kappa shape index (κ1) is 11.0. The van der Waals surface area contributed by atoms with Crippen molar-refractivity contribution >= 4 is 17.9 Å². The Bertz CT molecular complexity index is 175. The van der Waals surface area contributed by atoms with Crippen molar-refractivity contribution in [3.05, 3.63) is 0 Å². The fraction of sp³-hybridized carbons (Fsp3) is 0.889. The van der Waals surface area contributed by atoms with Gasteiger partial charge < -0.3 is 5.11 Å². The molecule has 1 aliphatic rings. The van der Waals surface area contributed by atoms with E-state index in [1.54, 1.807) is 0 Å². The summed E-state index contributed by atoms with van der Waals surface area (Å²) in [6.45, 7) is 4.05. The van der Waals surface area contributed by atoms with Gasteiger partial charge in [0.2, 0.25) is 0 Å². The molecule has 0 saturated heterocycles. The predicted octanol–water partition coefficient (Wildman–Crippen LogP) is 0.856. The van der Waals surface area contributed by atoms with Gasteiger partial charge in [0.1, 0.15) is 13.1 Å². The topological polar surface area (TPSA) is 32.6 Å². The molecule has 1 unspecified atom stereocenters. The molecule has 1 heterocycles. The minimum Gasteiger partial charge on any atom is -0.390 e. The number of aliphatic imine (C=N–C) groups is 1. The maximum atomic E-state index is 8.95. The normalized spacial score (nSPS) is 26.9. The van der Waals surface area contributed by atoms with E-state index < -0.39 is 0 Å². The van der Waals surface area contributed by atoms with Gasteiger partial charge in [-0.05, 0) is 12.8 Å². The fourth-order valence-corrected chi connectivity index (χ4v) is 1.91. The number of hydrogen-bond donors (Lipinski definition) is 1. The lowest BCUT2D eigenvalue weighted by Gasteiger charge is -2.29. The maximum absolute atomic E-state index is 8.95. The molecule has 1 aliphatic heterocycles. The summed E-state index contributed by atoms with van der Waals surface area (Å²) >= 11 is 5.62. The molecule has 0 spiro atoms. The van der Waals surface area contributed by atoms with Crippen molar-refractivity contribution in [2.24, 2.45) is 4.99 Å². The molecular weight excluding hydrogens is 188 g/mol. The first-order chi connectivity index (χ1) is 6.33. The van der Waals surface area contributed by atoms with Gasteiger partial charge in [0.15, 0.2) is 6.34 Å². The van der Waals surface area contributed by atoms with E-state index in [0.717, 1.165) is 49.4 Å². The Balaban J connectivity index is 2.33. The van der Waals surface area contributed by atoms with Crippen LogP contribution in [0.25, 0.3) is 0 Å². The molecule has 1 rings (SSSR count).